The third kappa shape index (κ3) is 4.72. The maximum absolute atomic E-state index is 15.8. The Hall–Kier alpha value is -2.53. The molecule has 3 heterocycles. The van der Waals surface area contributed by atoms with Crippen molar-refractivity contribution < 1.29 is 27.1 Å². The fraction of sp³-hybridized carbons (Fsp3) is 0.500. The number of likely N-dealkylation sites (tertiary alicyclic amines) is 1. The highest BCUT2D eigenvalue weighted by atomic mass is 19.3. The van der Waals surface area contributed by atoms with Gasteiger partial charge in [0.05, 0.1) is 12.7 Å². The first kappa shape index (κ1) is 27.1. The Morgan fingerprint density at radius 2 is 1.82 bits per heavy atom. The number of benzene rings is 2. The first-order valence-corrected chi connectivity index (χ1v) is 13.0. The molecule has 38 heavy (non-hydrogen) atoms. The molecule has 2 aromatic carbocycles. The first-order valence-electron chi connectivity index (χ1n) is 13.0. The summed E-state index contributed by atoms with van der Waals surface area (Å²) >= 11 is 0. The minimum atomic E-state index is -3.54. The van der Waals surface area contributed by atoms with Crippen LogP contribution in [0.3, 0.4) is 0 Å². The molecule has 0 saturated carbocycles. The van der Waals surface area contributed by atoms with E-state index in [0.717, 1.165) is 21.4 Å². The molecule has 4 atom stereocenters. The molecule has 0 amide bonds. The lowest BCUT2D eigenvalue weighted by Gasteiger charge is -2.45. The molecule has 0 bridgehead atoms. The lowest BCUT2D eigenvalue weighted by molar-refractivity contribution is -0.186. The number of alkyl halides is 3. The summed E-state index contributed by atoms with van der Waals surface area (Å²) in [7, 11) is 0. The topological polar surface area (TPSA) is 68.5 Å². The van der Waals surface area contributed by atoms with Gasteiger partial charge in [0, 0.05) is 66.7 Å². The van der Waals surface area contributed by atoms with E-state index in [2.05, 4.69) is 4.98 Å². The van der Waals surface area contributed by atoms with Gasteiger partial charge >= 0.3 is 0 Å². The molecular weight excluding hydrogens is 503 g/mol. The predicted octanol–water partition coefficient (Wildman–Crippen LogP) is 5.05. The summed E-state index contributed by atoms with van der Waals surface area (Å²) in [4.78, 5) is 6.31. The summed E-state index contributed by atoms with van der Waals surface area (Å²) in [6.07, 6.45) is -1.53. The number of aromatic nitrogens is 1. The summed E-state index contributed by atoms with van der Waals surface area (Å²) in [6.45, 7) is 3.67. The third-order valence-corrected chi connectivity index (χ3v) is 8.02. The molecule has 2 aliphatic heterocycles. The average Bonchev–Trinajstić information content (AvgIpc) is 3.19. The number of aliphatic hydroxyl groups is 1. The Morgan fingerprint density at radius 1 is 1.16 bits per heavy atom. The van der Waals surface area contributed by atoms with Gasteiger partial charge in [0.15, 0.2) is 6.23 Å². The fourth-order valence-electron chi connectivity index (χ4n) is 6.05. The van der Waals surface area contributed by atoms with Crippen LogP contribution in [0.4, 0.5) is 22.0 Å². The largest absolute Gasteiger partial charge is 0.372 e. The van der Waals surface area contributed by atoms with Gasteiger partial charge in [-0.2, -0.15) is 0 Å². The second-order valence-electron chi connectivity index (χ2n) is 10.8. The van der Waals surface area contributed by atoms with Crippen LogP contribution in [0.5, 0.6) is 0 Å². The van der Waals surface area contributed by atoms with E-state index in [1.54, 1.807) is 6.92 Å². The number of H-pyrrole nitrogens is 1. The van der Waals surface area contributed by atoms with Crippen LogP contribution in [-0.2, 0) is 6.42 Å². The van der Waals surface area contributed by atoms with E-state index < -0.39 is 54.1 Å². The zero-order chi connectivity index (χ0) is 27.4. The van der Waals surface area contributed by atoms with E-state index in [1.165, 1.54) is 12.1 Å². The molecule has 2 aliphatic rings. The molecule has 0 radical (unpaired) electrons. The molecule has 4 N–H and O–H groups in total. The molecule has 1 saturated heterocycles. The smallest absolute Gasteiger partial charge is 0.284 e. The molecular formula is C28H33F5N4O. The van der Waals surface area contributed by atoms with Crippen molar-refractivity contribution in [1.29, 1.82) is 0 Å². The van der Waals surface area contributed by atoms with Crippen LogP contribution < -0.4 is 5.73 Å². The molecule has 3 aromatic rings. The molecule has 206 valence electrons. The first-order chi connectivity index (χ1) is 18.0. The van der Waals surface area contributed by atoms with Gasteiger partial charge < -0.3 is 20.7 Å². The maximum atomic E-state index is 15.8. The lowest BCUT2D eigenvalue weighted by atomic mass is 9.84. The molecule has 0 spiro atoms. The molecule has 10 heteroatoms. The Labute approximate surface area is 218 Å². The number of halogens is 5. The number of rotatable bonds is 8. The summed E-state index contributed by atoms with van der Waals surface area (Å²) in [6, 6.07) is 7.09. The normalized spacial score (nSPS) is 22.9. The van der Waals surface area contributed by atoms with E-state index in [-0.39, 0.29) is 11.5 Å². The van der Waals surface area contributed by atoms with Crippen molar-refractivity contribution in [3.63, 3.8) is 0 Å². The number of nitrogens with two attached hydrogens (primary N) is 1. The van der Waals surface area contributed by atoms with Crippen molar-refractivity contribution in [2.45, 2.75) is 57.0 Å². The molecule has 1 aromatic heterocycles. The molecule has 5 rings (SSSR count). The number of aliphatic hydroxyl groups excluding tert-OH is 1. The van der Waals surface area contributed by atoms with Gasteiger partial charge in [-0.15, -0.1) is 0 Å². The molecule has 2 unspecified atom stereocenters. The Morgan fingerprint density at radius 3 is 2.45 bits per heavy atom. The summed E-state index contributed by atoms with van der Waals surface area (Å²) in [5, 5.41) is 11.6. The van der Waals surface area contributed by atoms with E-state index in [4.69, 9.17) is 5.73 Å². The number of fused-ring (bicyclic) bond motifs is 3. The standard InChI is InChI=1S/C28H33F5N4O/c1-15-10-19-18-6-3-4-7-22(18)35-25(19)26(37(15)27(38)28(2,32)33)23-20(30)11-16(12-21(23)31)24(34)17-13-36(14-17)9-5-8-29/h3-4,6-7,11-12,15,17,24,26-27,35,38H,5,8-10,13-14,34H2,1-2H3/t15-,24?,26-,27?/m1/s1. The van der Waals surface area contributed by atoms with Crippen molar-refractivity contribution in [3.05, 3.63) is 70.4 Å². The van der Waals surface area contributed by atoms with Crippen LogP contribution in [-0.4, -0.2) is 64.4 Å². The quantitative estimate of drug-likeness (QED) is 0.353. The summed E-state index contributed by atoms with van der Waals surface area (Å²) in [5.41, 5.74) is 8.08. The minimum Gasteiger partial charge on any atom is -0.372 e. The lowest BCUT2D eigenvalue weighted by Crippen LogP contribution is -2.55. The Bertz CT molecular complexity index is 1280. The summed E-state index contributed by atoms with van der Waals surface area (Å²) < 4.78 is 73.0. The number of nitrogens with one attached hydrogen (secondary N) is 1. The summed E-state index contributed by atoms with van der Waals surface area (Å²) in [5.74, 6) is -5.40. The average molecular weight is 537 g/mol. The van der Waals surface area contributed by atoms with Crippen LogP contribution in [0, 0.1) is 17.6 Å². The van der Waals surface area contributed by atoms with Gasteiger partial charge in [-0.25, -0.2) is 17.6 Å². The number of nitrogens with zero attached hydrogens (tertiary/aromatic N) is 2. The maximum Gasteiger partial charge on any atom is 0.284 e. The number of para-hydroxylation sites is 1. The van der Waals surface area contributed by atoms with E-state index in [9.17, 15) is 18.3 Å². The zero-order valence-corrected chi connectivity index (χ0v) is 21.4. The van der Waals surface area contributed by atoms with Gasteiger partial charge in [0.1, 0.15) is 11.6 Å². The van der Waals surface area contributed by atoms with Crippen molar-refractivity contribution in [1.82, 2.24) is 14.8 Å². The fourth-order valence-corrected chi connectivity index (χ4v) is 6.05. The second kappa shape index (κ2) is 10.2. The third-order valence-electron chi connectivity index (χ3n) is 8.02. The highest BCUT2D eigenvalue weighted by molar-refractivity contribution is 5.85. The minimum absolute atomic E-state index is 0.0358. The Kier molecular flexibility index (Phi) is 7.28. The second-order valence-corrected chi connectivity index (χ2v) is 10.8. The van der Waals surface area contributed by atoms with Gasteiger partial charge in [-0.05, 0) is 49.1 Å². The molecule has 0 aliphatic carbocycles. The predicted molar refractivity (Wildman–Crippen MR) is 136 cm³/mol. The van der Waals surface area contributed by atoms with Crippen LogP contribution >= 0.6 is 0 Å². The van der Waals surface area contributed by atoms with Crippen molar-refractivity contribution in [2.24, 2.45) is 11.7 Å². The highest BCUT2D eigenvalue weighted by Gasteiger charge is 2.48. The van der Waals surface area contributed by atoms with Crippen LogP contribution in [0.1, 0.15) is 54.7 Å². The van der Waals surface area contributed by atoms with Gasteiger partial charge in [-0.3, -0.25) is 9.29 Å². The highest BCUT2D eigenvalue weighted by Crippen LogP contribution is 2.45. The van der Waals surface area contributed by atoms with E-state index in [0.29, 0.717) is 45.1 Å². The molecule has 1 fully saturated rings. The number of hydrogen-bond acceptors (Lipinski definition) is 4. The Balaban J connectivity index is 1.55. The van der Waals surface area contributed by atoms with Crippen molar-refractivity contribution in [3.8, 4) is 0 Å². The SMILES string of the molecule is C[C@@H]1Cc2c([nH]c3ccccc23)[C@@H](c2c(F)cc(C(N)C3CN(CCCF)C3)cc2F)N1C(O)C(C)(F)F. The monoisotopic (exact) mass is 536 g/mol. The van der Waals surface area contributed by atoms with Gasteiger partial charge in [0.25, 0.3) is 5.92 Å². The van der Waals surface area contributed by atoms with E-state index in [1.807, 2.05) is 29.2 Å². The zero-order valence-electron chi connectivity index (χ0n) is 21.4. The number of hydrogen-bond donors (Lipinski definition) is 3. The van der Waals surface area contributed by atoms with Crippen molar-refractivity contribution >= 4 is 10.9 Å². The van der Waals surface area contributed by atoms with Gasteiger partial charge in [0.2, 0.25) is 0 Å². The van der Waals surface area contributed by atoms with Crippen LogP contribution in [0.25, 0.3) is 10.9 Å². The number of aromatic amines is 1. The van der Waals surface area contributed by atoms with E-state index >= 15 is 8.78 Å². The van der Waals surface area contributed by atoms with Crippen LogP contribution in [0.2, 0.25) is 0 Å². The van der Waals surface area contributed by atoms with Crippen LogP contribution in [0.15, 0.2) is 36.4 Å². The van der Waals surface area contributed by atoms with Crippen molar-refractivity contribution in [2.75, 3.05) is 26.3 Å². The molecule has 5 nitrogen and oxygen atoms in total. The van der Waals surface area contributed by atoms with Gasteiger partial charge in [-0.1, -0.05) is 18.2 Å².